The van der Waals surface area contributed by atoms with Crippen LogP contribution in [-0.2, 0) is 4.74 Å². The van der Waals surface area contributed by atoms with Crippen molar-refractivity contribution in [3.63, 3.8) is 0 Å². The molecule has 0 radical (unpaired) electrons. The summed E-state index contributed by atoms with van der Waals surface area (Å²) in [7, 11) is 0. The SMILES string of the molecule is NC(=O)c1cc(OCC2CCCCO2)ncc1N. The standard InChI is InChI=1S/C12H17N3O3/c13-10-6-15-11(5-9(10)12(14)16)18-7-8-3-1-2-4-17-8/h5-6,8H,1-4,7,13H2,(H2,14,16). The molecule has 1 atom stereocenters. The number of aromatic nitrogens is 1. The van der Waals surface area contributed by atoms with E-state index < -0.39 is 5.91 Å². The molecule has 1 unspecified atom stereocenters. The van der Waals surface area contributed by atoms with Crippen LogP contribution in [0.4, 0.5) is 5.69 Å². The summed E-state index contributed by atoms with van der Waals surface area (Å²) in [6.07, 6.45) is 4.70. The molecule has 1 aromatic heterocycles. The van der Waals surface area contributed by atoms with E-state index in [1.807, 2.05) is 0 Å². The van der Waals surface area contributed by atoms with Crippen LogP contribution < -0.4 is 16.2 Å². The van der Waals surface area contributed by atoms with Gasteiger partial charge < -0.3 is 20.9 Å². The Kier molecular flexibility index (Phi) is 3.99. The van der Waals surface area contributed by atoms with Gasteiger partial charge in [0.25, 0.3) is 5.91 Å². The molecule has 0 bridgehead atoms. The van der Waals surface area contributed by atoms with Gasteiger partial charge in [0.2, 0.25) is 5.88 Å². The van der Waals surface area contributed by atoms with Crippen LogP contribution in [0, 0.1) is 0 Å². The minimum absolute atomic E-state index is 0.0927. The number of carbonyl (C=O) groups excluding carboxylic acids is 1. The van der Waals surface area contributed by atoms with Gasteiger partial charge in [0.1, 0.15) is 6.61 Å². The van der Waals surface area contributed by atoms with Crippen LogP contribution in [0.2, 0.25) is 0 Å². The molecular weight excluding hydrogens is 234 g/mol. The van der Waals surface area contributed by atoms with Crippen LogP contribution in [0.25, 0.3) is 0 Å². The molecule has 1 aliphatic heterocycles. The van der Waals surface area contributed by atoms with E-state index in [0.717, 1.165) is 25.9 Å². The van der Waals surface area contributed by atoms with E-state index in [2.05, 4.69) is 4.98 Å². The first-order valence-electron chi connectivity index (χ1n) is 5.96. The van der Waals surface area contributed by atoms with Gasteiger partial charge in [-0.1, -0.05) is 0 Å². The molecule has 4 N–H and O–H groups in total. The second kappa shape index (κ2) is 5.68. The van der Waals surface area contributed by atoms with Crippen LogP contribution in [0.15, 0.2) is 12.3 Å². The first-order valence-corrected chi connectivity index (χ1v) is 5.96. The predicted octanol–water partition coefficient (Wildman–Crippen LogP) is 0.711. The van der Waals surface area contributed by atoms with E-state index >= 15 is 0 Å². The lowest BCUT2D eigenvalue weighted by atomic mass is 10.1. The summed E-state index contributed by atoms with van der Waals surface area (Å²) < 4.78 is 11.0. The molecule has 0 spiro atoms. The number of primary amides is 1. The molecule has 6 nitrogen and oxygen atoms in total. The molecule has 1 aliphatic rings. The second-order valence-electron chi connectivity index (χ2n) is 4.27. The fourth-order valence-corrected chi connectivity index (χ4v) is 1.86. The van der Waals surface area contributed by atoms with Crippen molar-refractivity contribution in [3.8, 4) is 5.88 Å². The van der Waals surface area contributed by atoms with E-state index in [9.17, 15) is 4.79 Å². The lowest BCUT2D eigenvalue weighted by molar-refractivity contribution is -0.0119. The smallest absolute Gasteiger partial charge is 0.251 e. The van der Waals surface area contributed by atoms with Crippen LogP contribution in [0.5, 0.6) is 5.88 Å². The molecule has 0 aromatic carbocycles. The number of ether oxygens (including phenoxy) is 2. The summed E-state index contributed by atoms with van der Waals surface area (Å²) in [5, 5.41) is 0. The van der Waals surface area contributed by atoms with Gasteiger partial charge >= 0.3 is 0 Å². The highest BCUT2D eigenvalue weighted by molar-refractivity contribution is 5.97. The first kappa shape index (κ1) is 12.6. The monoisotopic (exact) mass is 251 g/mol. The second-order valence-corrected chi connectivity index (χ2v) is 4.27. The van der Waals surface area contributed by atoms with E-state index in [4.69, 9.17) is 20.9 Å². The number of carbonyl (C=O) groups is 1. The first-order chi connectivity index (χ1) is 8.66. The van der Waals surface area contributed by atoms with E-state index in [-0.39, 0.29) is 17.4 Å². The fourth-order valence-electron chi connectivity index (χ4n) is 1.86. The Balaban J connectivity index is 1.96. The van der Waals surface area contributed by atoms with Gasteiger partial charge in [0.15, 0.2) is 0 Å². The summed E-state index contributed by atoms with van der Waals surface area (Å²) >= 11 is 0. The number of anilines is 1. The number of pyridine rings is 1. The largest absolute Gasteiger partial charge is 0.475 e. The highest BCUT2D eigenvalue weighted by Crippen LogP contribution is 2.18. The number of nitrogens with zero attached hydrogens (tertiary/aromatic N) is 1. The Morgan fingerprint density at radius 1 is 1.56 bits per heavy atom. The molecule has 0 saturated carbocycles. The molecule has 0 aliphatic carbocycles. The summed E-state index contributed by atoms with van der Waals surface area (Å²) in [5.74, 6) is -0.249. The topological polar surface area (TPSA) is 100 Å². The van der Waals surface area contributed by atoms with Gasteiger partial charge in [-0.3, -0.25) is 4.79 Å². The molecule has 18 heavy (non-hydrogen) atoms. The summed E-state index contributed by atoms with van der Waals surface area (Å²) in [6.45, 7) is 1.20. The normalized spacial score (nSPS) is 19.4. The Bertz CT molecular complexity index is 431. The third-order valence-electron chi connectivity index (χ3n) is 2.87. The molecule has 98 valence electrons. The fraction of sp³-hybridized carbons (Fsp3) is 0.500. The zero-order valence-corrected chi connectivity index (χ0v) is 10.1. The summed E-state index contributed by atoms with van der Waals surface area (Å²) in [6, 6.07) is 1.46. The number of hydrogen-bond donors (Lipinski definition) is 2. The number of nitrogens with two attached hydrogens (primary N) is 2. The van der Waals surface area contributed by atoms with Crippen molar-refractivity contribution in [2.45, 2.75) is 25.4 Å². The van der Waals surface area contributed by atoms with E-state index in [1.54, 1.807) is 0 Å². The maximum Gasteiger partial charge on any atom is 0.251 e. The zero-order chi connectivity index (χ0) is 13.0. The van der Waals surface area contributed by atoms with E-state index in [1.165, 1.54) is 12.3 Å². The third kappa shape index (κ3) is 3.10. The van der Waals surface area contributed by atoms with Crippen molar-refractivity contribution >= 4 is 11.6 Å². The van der Waals surface area contributed by atoms with Crippen molar-refractivity contribution in [2.75, 3.05) is 18.9 Å². The average Bonchev–Trinajstić information content (AvgIpc) is 2.38. The van der Waals surface area contributed by atoms with Gasteiger partial charge in [-0.25, -0.2) is 4.98 Å². The molecule has 2 rings (SSSR count). The predicted molar refractivity (Wildman–Crippen MR) is 66.3 cm³/mol. The summed E-state index contributed by atoms with van der Waals surface area (Å²) in [4.78, 5) is 15.1. The molecule has 1 aromatic rings. The molecular formula is C12H17N3O3. The number of amides is 1. The lowest BCUT2D eigenvalue weighted by Gasteiger charge is -2.22. The Hall–Kier alpha value is -1.82. The third-order valence-corrected chi connectivity index (χ3v) is 2.87. The maximum absolute atomic E-state index is 11.1. The number of hydrogen-bond acceptors (Lipinski definition) is 5. The highest BCUT2D eigenvalue weighted by Gasteiger charge is 2.15. The summed E-state index contributed by atoms with van der Waals surface area (Å²) in [5.41, 5.74) is 11.3. The van der Waals surface area contributed by atoms with Gasteiger partial charge in [0.05, 0.1) is 23.6 Å². The Morgan fingerprint density at radius 3 is 3.06 bits per heavy atom. The van der Waals surface area contributed by atoms with Gasteiger partial charge in [-0.05, 0) is 19.3 Å². The minimum Gasteiger partial charge on any atom is -0.475 e. The van der Waals surface area contributed by atoms with Crippen LogP contribution >= 0.6 is 0 Å². The quantitative estimate of drug-likeness (QED) is 0.820. The van der Waals surface area contributed by atoms with Crippen LogP contribution in [-0.4, -0.2) is 30.2 Å². The zero-order valence-electron chi connectivity index (χ0n) is 10.1. The van der Waals surface area contributed by atoms with Gasteiger partial charge in [-0.2, -0.15) is 0 Å². The van der Waals surface area contributed by atoms with Crippen molar-refractivity contribution in [1.82, 2.24) is 4.98 Å². The van der Waals surface area contributed by atoms with Crippen LogP contribution in [0.1, 0.15) is 29.6 Å². The van der Waals surface area contributed by atoms with Crippen LogP contribution in [0.3, 0.4) is 0 Å². The Labute approximate surface area is 105 Å². The molecule has 6 heteroatoms. The molecule has 1 amide bonds. The number of nitrogen functional groups attached to an aromatic ring is 1. The average molecular weight is 251 g/mol. The van der Waals surface area contributed by atoms with Crippen molar-refractivity contribution < 1.29 is 14.3 Å². The van der Waals surface area contributed by atoms with Gasteiger partial charge in [-0.15, -0.1) is 0 Å². The van der Waals surface area contributed by atoms with Crippen molar-refractivity contribution in [2.24, 2.45) is 5.73 Å². The van der Waals surface area contributed by atoms with E-state index in [0.29, 0.717) is 12.5 Å². The number of rotatable bonds is 4. The highest BCUT2D eigenvalue weighted by atomic mass is 16.5. The minimum atomic E-state index is -0.589. The van der Waals surface area contributed by atoms with Crippen molar-refractivity contribution in [1.29, 1.82) is 0 Å². The Morgan fingerprint density at radius 2 is 2.39 bits per heavy atom. The van der Waals surface area contributed by atoms with Gasteiger partial charge in [0, 0.05) is 12.7 Å². The lowest BCUT2D eigenvalue weighted by Crippen LogP contribution is -2.26. The molecule has 1 fully saturated rings. The molecule has 1 saturated heterocycles. The maximum atomic E-state index is 11.1. The van der Waals surface area contributed by atoms with Crippen molar-refractivity contribution in [3.05, 3.63) is 17.8 Å². The molecule has 2 heterocycles.